The minimum Gasteiger partial charge on any atom is -0.368 e. The van der Waals surface area contributed by atoms with E-state index in [2.05, 4.69) is 46.1 Å². The number of benzene rings is 1. The molecule has 164 valence electrons. The molecule has 3 heterocycles. The van der Waals surface area contributed by atoms with Gasteiger partial charge >= 0.3 is 0 Å². The topological polar surface area (TPSA) is 69.3 Å². The summed E-state index contributed by atoms with van der Waals surface area (Å²) in [5, 5.41) is 0.504. The molecule has 1 aromatic carbocycles. The van der Waals surface area contributed by atoms with Crippen LogP contribution in [0.25, 0.3) is 10.2 Å². The van der Waals surface area contributed by atoms with Gasteiger partial charge in [0, 0.05) is 36.7 Å². The van der Waals surface area contributed by atoms with Gasteiger partial charge in [0.25, 0.3) is 5.56 Å². The lowest BCUT2D eigenvalue weighted by Crippen LogP contribution is -2.50. The van der Waals surface area contributed by atoms with Crippen molar-refractivity contribution in [3.05, 3.63) is 56.4 Å². The molecular weight excluding hydrogens is 428 g/mol. The van der Waals surface area contributed by atoms with Crippen LogP contribution in [0.1, 0.15) is 28.8 Å². The highest BCUT2D eigenvalue weighted by atomic mass is 32.2. The van der Waals surface area contributed by atoms with E-state index >= 15 is 0 Å². The average molecular weight is 457 g/mol. The number of aryl methyl sites for hydroxylation is 3. The number of anilines is 1. The molecule has 0 spiro atoms. The minimum atomic E-state index is -0.183. The van der Waals surface area contributed by atoms with Crippen LogP contribution in [0.3, 0.4) is 0 Å². The maximum absolute atomic E-state index is 13.0. The number of amides is 1. The Labute approximate surface area is 190 Å². The number of aromatic nitrogens is 2. The fraction of sp³-hybridized carbons (Fsp3) is 0.435. The van der Waals surface area contributed by atoms with Crippen molar-refractivity contribution < 1.29 is 4.79 Å². The standard InChI is InChI=1S/C23H28N4O2S2/c1-14-7-5-6-8-18(14)26-9-11-27(12-10-26)23(29)17(4)30-13-19-24-21(28)20-15(2)16(3)31-22(20)25-19/h5-8,17H,9-13H2,1-4H3,(H,24,25,28). The van der Waals surface area contributed by atoms with E-state index in [4.69, 9.17) is 0 Å². The number of nitrogens with one attached hydrogen (secondary N) is 1. The summed E-state index contributed by atoms with van der Waals surface area (Å²) in [5.41, 5.74) is 3.43. The summed E-state index contributed by atoms with van der Waals surface area (Å²) in [4.78, 5) is 39.1. The van der Waals surface area contributed by atoms with Crippen LogP contribution >= 0.6 is 23.1 Å². The van der Waals surface area contributed by atoms with Gasteiger partial charge in [-0.25, -0.2) is 4.98 Å². The van der Waals surface area contributed by atoms with E-state index in [1.807, 2.05) is 25.7 Å². The van der Waals surface area contributed by atoms with Crippen LogP contribution in [0.4, 0.5) is 5.69 Å². The molecule has 1 aliphatic heterocycles. The normalized spacial score (nSPS) is 15.5. The summed E-state index contributed by atoms with van der Waals surface area (Å²) in [6, 6.07) is 8.39. The van der Waals surface area contributed by atoms with Crippen LogP contribution in [-0.2, 0) is 10.5 Å². The second kappa shape index (κ2) is 9.04. The first kappa shape index (κ1) is 21.9. The van der Waals surface area contributed by atoms with Crippen molar-refractivity contribution in [1.82, 2.24) is 14.9 Å². The van der Waals surface area contributed by atoms with Gasteiger partial charge in [0.05, 0.1) is 16.4 Å². The summed E-state index contributed by atoms with van der Waals surface area (Å²) in [6.07, 6.45) is 0. The smallest absolute Gasteiger partial charge is 0.259 e. The second-order valence-electron chi connectivity index (χ2n) is 8.03. The number of H-pyrrole nitrogens is 1. The number of rotatable bonds is 5. The summed E-state index contributed by atoms with van der Waals surface area (Å²) in [6.45, 7) is 11.2. The van der Waals surface area contributed by atoms with Gasteiger partial charge in [-0.1, -0.05) is 18.2 Å². The lowest BCUT2D eigenvalue weighted by atomic mass is 10.1. The Balaban J connectivity index is 1.35. The quantitative estimate of drug-likeness (QED) is 0.631. The first-order valence-electron chi connectivity index (χ1n) is 10.5. The molecule has 0 radical (unpaired) electrons. The van der Waals surface area contributed by atoms with Crippen molar-refractivity contribution in [2.45, 2.75) is 38.7 Å². The van der Waals surface area contributed by atoms with Crippen molar-refractivity contribution in [3.63, 3.8) is 0 Å². The van der Waals surface area contributed by atoms with Gasteiger partial charge in [0.2, 0.25) is 5.91 Å². The number of thioether (sulfide) groups is 1. The zero-order valence-electron chi connectivity index (χ0n) is 18.4. The molecule has 1 saturated heterocycles. The number of hydrogen-bond donors (Lipinski definition) is 1. The lowest BCUT2D eigenvalue weighted by molar-refractivity contribution is -0.130. The zero-order chi connectivity index (χ0) is 22.1. The maximum atomic E-state index is 13.0. The summed E-state index contributed by atoms with van der Waals surface area (Å²) >= 11 is 3.08. The second-order valence-corrected chi connectivity index (χ2v) is 10.6. The Morgan fingerprint density at radius 2 is 1.90 bits per heavy atom. The highest BCUT2D eigenvalue weighted by Crippen LogP contribution is 2.27. The molecule has 6 nitrogen and oxygen atoms in total. The van der Waals surface area contributed by atoms with Crippen LogP contribution in [-0.4, -0.2) is 52.2 Å². The number of aromatic amines is 1. The third-order valence-corrected chi connectivity index (χ3v) is 8.20. The number of para-hydroxylation sites is 1. The highest BCUT2D eigenvalue weighted by molar-refractivity contribution is 7.99. The fourth-order valence-corrected chi connectivity index (χ4v) is 5.87. The van der Waals surface area contributed by atoms with Gasteiger partial charge in [0.15, 0.2) is 0 Å². The van der Waals surface area contributed by atoms with Crippen LogP contribution in [0.15, 0.2) is 29.1 Å². The van der Waals surface area contributed by atoms with Gasteiger partial charge in [0.1, 0.15) is 10.7 Å². The monoisotopic (exact) mass is 456 g/mol. The number of hydrogen-bond acceptors (Lipinski definition) is 6. The van der Waals surface area contributed by atoms with Crippen molar-refractivity contribution in [2.24, 2.45) is 0 Å². The number of carbonyl (C=O) groups excluding carboxylic acids is 1. The third kappa shape index (κ3) is 4.50. The fourth-order valence-electron chi connectivity index (χ4n) is 3.99. The average Bonchev–Trinajstić information content (AvgIpc) is 3.06. The van der Waals surface area contributed by atoms with E-state index in [-0.39, 0.29) is 16.7 Å². The Hall–Kier alpha value is -2.32. The lowest BCUT2D eigenvalue weighted by Gasteiger charge is -2.37. The molecule has 31 heavy (non-hydrogen) atoms. The van der Waals surface area contributed by atoms with Crippen molar-refractivity contribution in [1.29, 1.82) is 0 Å². The Bertz CT molecular complexity index is 1160. The molecule has 1 amide bonds. The Morgan fingerprint density at radius 1 is 1.19 bits per heavy atom. The van der Waals surface area contributed by atoms with Crippen LogP contribution in [0.2, 0.25) is 0 Å². The largest absolute Gasteiger partial charge is 0.368 e. The van der Waals surface area contributed by atoms with Crippen LogP contribution < -0.4 is 10.5 Å². The van der Waals surface area contributed by atoms with Crippen molar-refractivity contribution in [2.75, 3.05) is 31.1 Å². The van der Waals surface area contributed by atoms with E-state index in [9.17, 15) is 9.59 Å². The van der Waals surface area contributed by atoms with Gasteiger partial charge in [-0.05, 0) is 44.9 Å². The predicted molar refractivity (Wildman–Crippen MR) is 130 cm³/mol. The van der Waals surface area contributed by atoms with Gasteiger partial charge in [-0.15, -0.1) is 23.1 Å². The third-order valence-electron chi connectivity index (χ3n) is 5.95. The molecule has 0 aliphatic carbocycles. The maximum Gasteiger partial charge on any atom is 0.259 e. The van der Waals surface area contributed by atoms with Crippen LogP contribution in [0, 0.1) is 20.8 Å². The molecule has 1 N–H and O–H groups in total. The Morgan fingerprint density at radius 3 is 2.61 bits per heavy atom. The van der Waals surface area contributed by atoms with Gasteiger partial charge in [-0.3, -0.25) is 9.59 Å². The van der Waals surface area contributed by atoms with Gasteiger partial charge in [-0.2, -0.15) is 0 Å². The molecule has 4 rings (SSSR count). The first-order chi connectivity index (χ1) is 14.8. The molecule has 1 unspecified atom stereocenters. The van der Waals surface area contributed by atoms with Crippen molar-refractivity contribution >= 4 is 44.9 Å². The molecule has 8 heteroatoms. The molecule has 1 fully saturated rings. The van der Waals surface area contributed by atoms with Crippen LogP contribution in [0.5, 0.6) is 0 Å². The number of fused-ring (bicyclic) bond motifs is 1. The van der Waals surface area contributed by atoms with E-state index in [1.165, 1.54) is 23.0 Å². The van der Waals surface area contributed by atoms with E-state index in [0.29, 0.717) is 17.0 Å². The van der Waals surface area contributed by atoms with Crippen molar-refractivity contribution in [3.8, 4) is 0 Å². The summed E-state index contributed by atoms with van der Waals surface area (Å²) in [7, 11) is 0. The number of nitrogens with zero attached hydrogens (tertiary/aromatic N) is 3. The highest BCUT2D eigenvalue weighted by Gasteiger charge is 2.26. The zero-order valence-corrected chi connectivity index (χ0v) is 20.0. The number of carbonyl (C=O) groups is 1. The molecule has 3 aromatic rings. The van der Waals surface area contributed by atoms with E-state index < -0.39 is 0 Å². The number of thiophene rings is 1. The summed E-state index contributed by atoms with van der Waals surface area (Å²) < 4.78 is 0. The summed E-state index contributed by atoms with van der Waals surface area (Å²) in [5.74, 6) is 1.30. The number of piperazine rings is 1. The molecule has 2 aromatic heterocycles. The molecule has 0 bridgehead atoms. The predicted octanol–water partition coefficient (Wildman–Crippen LogP) is 3.88. The minimum absolute atomic E-state index is 0.0891. The molecule has 1 atom stereocenters. The van der Waals surface area contributed by atoms with E-state index in [1.54, 1.807) is 11.3 Å². The van der Waals surface area contributed by atoms with Gasteiger partial charge < -0.3 is 14.8 Å². The molecular formula is C23H28N4O2S2. The first-order valence-corrected chi connectivity index (χ1v) is 12.4. The SMILES string of the molecule is Cc1ccccc1N1CCN(C(=O)C(C)SCc2nc3sc(C)c(C)c3c(=O)[nH]2)CC1. The molecule has 0 saturated carbocycles. The Kier molecular flexibility index (Phi) is 6.39. The molecule has 1 aliphatic rings. The van der Waals surface area contributed by atoms with E-state index in [0.717, 1.165) is 41.5 Å².